The largest absolute Gasteiger partial charge is 0.478 e. The molecule has 1 amide bonds. The number of anilines is 2. The quantitative estimate of drug-likeness (QED) is 0.875. The van der Waals surface area contributed by atoms with E-state index in [1.807, 2.05) is 4.90 Å². The molecule has 0 unspecified atom stereocenters. The van der Waals surface area contributed by atoms with E-state index in [2.05, 4.69) is 5.32 Å². The van der Waals surface area contributed by atoms with Gasteiger partial charge in [0.2, 0.25) is 0 Å². The molecule has 1 fully saturated rings. The van der Waals surface area contributed by atoms with E-state index in [4.69, 9.17) is 16.3 Å². The van der Waals surface area contributed by atoms with Crippen LogP contribution in [0, 0.1) is 0 Å². The number of morpholine rings is 1. The number of carboxylic acids is 1. The lowest BCUT2D eigenvalue weighted by molar-refractivity contribution is 0.0696. The van der Waals surface area contributed by atoms with Crippen LogP contribution in [-0.2, 0) is 4.74 Å². The van der Waals surface area contributed by atoms with Crippen LogP contribution in [0.25, 0.3) is 0 Å². The average Bonchev–Trinajstić information content (AvgIpc) is 2.62. The van der Waals surface area contributed by atoms with Gasteiger partial charge >= 0.3 is 5.97 Å². The molecular formula is C18H17ClN2O4. The van der Waals surface area contributed by atoms with Crippen molar-refractivity contribution in [3.8, 4) is 0 Å². The summed E-state index contributed by atoms with van der Waals surface area (Å²) >= 11 is 6.02. The summed E-state index contributed by atoms with van der Waals surface area (Å²) in [5.41, 5.74) is 1.49. The van der Waals surface area contributed by atoms with E-state index in [0.29, 0.717) is 48.3 Å². The summed E-state index contributed by atoms with van der Waals surface area (Å²) in [6.07, 6.45) is 0. The molecule has 0 atom stereocenters. The molecule has 3 rings (SSSR count). The number of benzene rings is 2. The summed E-state index contributed by atoms with van der Waals surface area (Å²) < 4.78 is 5.30. The lowest BCUT2D eigenvalue weighted by Crippen LogP contribution is -2.37. The molecule has 2 aromatic rings. The summed E-state index contributed by atoms with van der Waals surface area (Å²) in [7, 11) is 0. The van der Waals surface area contributed by atoms with E-state index < -0.39 is 5.97 Å². The van der Waals surface area contributed by atoms with E-state index in [0.717, 1.165) is 0 Å². The zero-order valence-corrected chi connectivity index (χ0v) is 14.1. The fourth-order valence-corrected chi connectivity index (χ4v) is 2.93. The van der Waals surface area contributed by atoms with Gasteiger partial charge in [-0.1, -0.05) is 23.7 Å². The number of ether oxygens (including phenoxy) is 1. The van der Waals surface area contributed by atoms with Gasteiger partial charge < -0.3 is 20.1 Å². The summed E-state index contributed by atoms with van der Waals surface area (Å²) in [4.78, 5) is 25.9. The van der Waals surface area contributed by atoms with Crippen LogP contribution in [0.2, 0.25) is 5.02 Å². The first-order valence-electron chi connectivity index (χ1n) is 7.82. The van der Waals surface area contributed by atoms with E-state index in [9.17, 15) is 14.7 Å². The Labute approximate surface area is 150 Å². The van der Waals surface area contributed by atoms with E-state index in [-0.39, 0.29) is 11.5 Å². The molecule has 7 heteroatoms. The molecule has 2 aromatic carbocycles. The third kappa shape index (κ3) is 3.92. The van der Waals surface area contributed by atoms with Crippen LogP contribution in [0.5, 0.6) is 0 Å². The number of carboxylic acid groups (broad SMARTS) is 1. The lowest BCUT2D eigenvalue weighted by atomic mass is 10.1. The van der Waals surface area contributed by atoms with E-state index in [1.165, 1.54) is 6.07 Å². The molecule has 1 saturated heterocycles. The molecule has 0 saturated carbocycles. The minimum absolute atomic E-state index is 0.138. The van der Waals surface area contributed by atoms with Gasteiger partial charge in [-0.3, -0.25) is 4.79 Å². The highest BCUT2D eigenvalue weighted by Gasteiger charge is 2.19. The Morgan fingerprint density at radius 2 is 1.80 bits per heavy atom. The fraction of sp³-hybridized carbons (Fsp3) is 0.222. The Morgan fingerprint density at radius 1 is 1.08 bits per heavy atom. The molecule has 1 aliphatic heterocycles. The van der Waals surface area contributed by atoms with Gasteiger partial charge in [0, 0.05) is 18.8 Å². The predicted octanol–water partition coefficient (Wildman–Crippen LogP) is 3.13. The molecule has 1 heterocycles. The van der Waals surface area contributed by atoms with Crippen LogP contribution in [0.4, 0.5) is 11.4 Å². The first-order valence-corrected chi connectivity index (χ1v) is 8.20. The van der Waals surface area contributed by atoms with Crippen molar-refractivity contribution in [1.29, 1.82) is 0 Å². The van der Waals surface area contributed by atoms with Gasteiger partial charge in [0.05, 0.1) is 35.1 Å². The number of hydrogen-bond donors (Lipinski definition) is 2. The van der Waals surface area contributed by atoms with Crippen LogP contribution in [0.3, 0.4) is 0 Å². The number of nitrogens with zero attached hydrogens (tertiary/aromatic N) is 1. The first-order chi connectivity index (χ1) is 12.1. The number of rotatable bonds is 4. The molecule has 0 bridgehead atoms. The number of aromatic carboxylic acids is 1. The van der Waals surface area contributed by atoms with Crippen molar-refractivity contribution >= 4 is 34.9 Å². The van der Waals surface area contributed by atoms with Crippen molar-refractivity contribution in [2.24, 2.45) is 0 Å². The minimum atomic E-state index is -1.05. The predicted molar refractivity (Wildman–Crippen MR) is 95.8 cm³/mol. The fourth-order valence-electron chi connectivity index (χ4n) is 2.71. The maximum absolute atomic E-state index is 12.3. The smallest absolute Gasteiger partial charge is 0.337 e. The van der Waals surface area contributed by atoms with Crippen molar-refractivity contribution in [3.05, 3.63) is 58.6 Å². The van der Waals surface area contributed by atoms with Crippen molar-refractivity contribution in [3.63, 3.8) is 0 Å². The molecule has 25 heavy (non-hydrogen) atoms. The van der Waals surface area contributed by atoms with Gasteiger partial charge in [-0.2, -0.15) is 0 Å². The first kappa shape index (κ1) is 17.3. The lowest BCUT2D eigenvalue weighted by Gasteiger charge is -2.30. The number of hydrogen-bond acceptors (Lipinski definition) is 4. The van der Waals surface area contributed by atoms with Crippen molar-refractivity contribution in [1.82, 2.24) is 0 Å². The van der Waals surface area contributed by atoms with Gasteiger partial charge in [0.1, 0.15) is 0 Å². The van der Waals surface area contributed by atoms with Gasteiger partial charge in [-0.05, 0) is 30.3 Å². The second-order valence-electron chi connectivity index (χ2n) is 5.57. The molecule has 6 nitrogen and oxygen atoms in total. The number of nitrogens with one attached hydrogen (secondary N) is 1. The number of carbonyl (C=O) groups is 2. The summed E-state index contributed by atoms with van der Waals surface area (Å²) in [5, 5.41) is 12.6. The Kier molecular flexibility index (Phi) is 5.21. The number of carbonyl (C=O) groups excluding carboxylic acids is 1. The molecule has 0 radical (unpaired) electrons. The molecule has 0 aliphatic carbocycles. The highest BCUT2D eigenvalue weighted by Crippen LogP contribution is 2.26. The Hall–Kier alpha value is -2.57. The van der Waals surface area contributed by atoms with Crippen molar-refractivity contribution in [2.75, 3.05) is 36.5 Å². The maximum atomic E-state index is 12.3. The van der Waals surface area contributed by atoms with E-state index in [1.54, 1.807) is 36.4 Å². The highest BCUT2D eigenvalue weighted by atomic mass is 35.5. The Balaban J connectivity index is 1.85. The second-order valence-corrected chi connectivity index (χ2v) is 5.98. The van der Waals surface area contributed by atoms with Crippen LogP contribution in [0.15, 0.2) is 42.5 Å². The summed E-state index contributed by atoms with van der Waals surface area (Å²) in [5.74, 6) is -1.43. The summed E-state index contributed by atoms with van der Waals surface area (Å²) in [6, 6.07) is 11.5. The van der Waals surface area contributed by atoms with Gasteiger partial charge in [0.25, 0.3) is 5.91 Å². The van der Waals surface area contributed by atoms with Crippen molar-refractivity contribution in [2.45, 2.75) is 0 Å². The number of amides is 1. The maximum Gasteiger partial charge on any atom is 0.337 e. The standard InChI is InChI=1S/C18H17ClN2O4/c19-15-4-2-1-3-13(15)17(22)20-12-5-6-16(14(11-12)18(23)24)21-7-9-25-10-8-21/h1-6,11H,7-10H2,(H,20,22)(H,23,24). The third-order valence-corrected chi connectivity index (χ3v) is 4.28. The summed E-state index contributed by atoms with van der Waals surface area (Å²) in [6.45, 7) is 2.38. The highest BCUT2D eigenvalue weighted by molar-refractivity contribution is 6.34. The zero-order chi connectivity index (χ0) is 17.8. The topological polar surface area (TPSA) is 78.9 Å². The van der Waals surface area contributed by atoms with Crippen molar-refractivity contribution < 1.29 is 19.4 Å². The van der Waals surface area contributed by atoms with Crippen LogP contribution in [-0.4, -0.2) is 43.3 Å². The SMILES string of the molecule is O=C(Nc1ccc(N2CCOCC2)c(C(=O)O)c1)c1ccccc1Cl. The van der Waals surface area contributed by atoms with Gasteiger partial charge in [0.15, 0.2) is 0 Å². The third-order valence-electron chi connectivity index (χ3n) is 3.96. The Bertz CT molecular complexity index is 803. The van der Waals surface area contributed by atoms with Gasteiger partial charge in [-0.25, -0.2) is 4.79 Å². The molecule has 1 aliphatic rings. The molecule has 0 aromatic heterocycles. The zero-order valence-electron chi connectivity index (χ0n) is 13.4. The molecular weight excluding hydrogens is 344 g/mol. The van der Waals surface area contributed by atoms with Gasteiger partial charge in [-0.15, -0.1) is 0 Å². The average molecular weight is 361 g/mol. The molecule has 130 valence electrons. The minimum Gasteiger partial charge on any atom is -0.478 e. The Morgan fingerprint density at radius 3 is 2.48 bits per heavy atom. The van der Waals surface area contributed by atoms with Crippen LogP contribution < -0.4 is 10.2 Å². The molecule has 2 N–H and O–H groups in total. The van der Waals surface area contributed by atoms with Crippen LogP contribution in [0.1, 0.15) is 20.7 Å². The molecule has 0 spiro atoms. The monoisotopic (exact) mass is 360 g/mol. The normalized spacial score (nSPS) is 14.2. The van der Waals surface area contributed by atoms with Crippen LogP contribution >= 0.6 is 11.6 Å². The second kappa shape index (κ2) is 7.55. The number of halogens is 1. The van der Waals surface area contributed by atoms with E-state index >= 15 is 0 Å².